The molecular formula is C17H18ClNO2. The summed E-state index contributed by atoms with van der Waals surface area (Å²) in [6.45, 7) is 3.34. The van der Waals surface area contributed by atoms with Crippen LogP contribution in [0.5, 0.6) is 11.5 Å². The molecule has 4 heteroatoms. The molecule has 1 aliphatic rings. The van der Waals surface area contributed by atoms with Gasteiger partial charge in [-0.05, 0) is 24.1 Å². The smallest absolute Gasteiger partial charge is 0.162 e. The van der Waals surface area contributed by atoms with Gasteiger partial charge in [0, 0.05) is 17.5 Å². The van der Waals surface area contributed by atoms with Crippen LogP contribution in [-0.4, -0.2) is 13.2 Å². The van der Waals surface area contributed by atoms with Gasteiger partial charge in [-0.15, -0.1) is 0 Å². The molecule has 110 valence electrons. The van der Waals surface area contributed by atoms with Crippen molar-refractivity contribution in [1.29, 1.82) is 0 Å². The lowest BCUT2D eigenvalue weighted by Crippen LogP contribution is -2.13. The molecule has 2 aromatic rings. The second-order valence-electron chi connectivity index (χ2n) is 5.26. The highest BCUT2D eigenvalue weighted by atomic mass is 35.5. The molecule has 3 nitrogen and oxygen atoms in total. The van der Waals surface area contributed by atoms with E-state index < -0.39 is 0 Å². The molecule has 1 atom stereocenters. The fourth-order valence-electron chi connectivity index (χ4n) is 2.48. The van der Waals surface area contributed by atoms with Crippen molar-refractivity contribution < 1.29 is 9.47 Å². The van der Waals surface area contributed by atoms with Crippen molar-refractivity contribution >= 4 is 11.6 Å². The molecule has 0 bridgehead atoms. The average molecular weight is 304 g/mol. The first-order chi connectivity index (χ1) is 10.1. The maximum Gasteiger partial charge on any atom is 0.162 e. The van der Waals surface area contributed by atoms with Crippen LogP contribution in [0.1, 0.15) is 29.2 Å². The van der Waals surface area contributed by atoms with Crippen LogP contribution < -0.4 is 15.2 Å². The zero-order valence-electron chi connectivity index (χ0n) is 11.9. The molecule has 0 fully saturated rings. The Kier molecular flexibility index (Phi) is 4.04. The highest BCUT2D eigenvalue weighted by molar-refractivity contribution is 6.31. The predicted molar refractivity (Wildman–Crippen MR) is 84.3 cm³/mol. The SMILES string of the molecule is Cc1cccc(C(N)c2cc3c(cc2Cl)OCCCO3)c1. The first kappa shape index (κ1) is 14.2. The van der Waals surface area contributed by atoms with Crippen molar-refractivity contribution in [2.24, 2.45) is 5.73 Å². The number of benzene rings is 2. The van der Waals surface area contributed by atoms with Crippen LogP contribution in [0.3, 0.4) is 0 Å². The van der Waals surface area contributed by atoms with Crippen LogP contribution in [0, 0.1) is 6.92 Å². The number of ether oxygens (including phenoxy) is 2. The molecular weight excluding hydrogens is 286 g/mol. The molecule has 1 aliphatic heterocycles. The summed E-state index contributed by atoms with van der Waals surface area (Å²) in [5, 5.41) is 0.605. The van der Waals surface area contributed by atoms with Crippen molar-refractivity contribution in [3.63, 3.8) is 0 Å². The van der Waals surface area contributed by atoms with E-state index in [1.807, 2.05) is 31.2 Å². The lowest BCUT2D eigenvalue weighted by molar-refractivity contribution is 0.297. The van der Waals surface area contributed by atoms with Crippen LogP contribution in [0.2, 0.25) is 5.02 Å². The second kappa shape index (κ2) is 5.96. The molecule has 2 aromatic carbocycles. The minimum Gasteiger partial charge on any atom is -0.490 e. The Bertz CT molecular complexity index is 657. The fourth-order valence-corrected chi connectivity index (χ4v) is 2.75. The second-order valence-corrected chi connectivity index (χ2v) is 5.67. The van der Waals surface area contributed by atoms with E-state index in [4.69, 9.17) is 26.8 Å². The van der Waals surface area contributed by atoms with Gasteiger partial charge in [0.1, 0.15) is 0 Å². The standard InChI is InChI=1S/C17H18ClNO2/c1-11-4-2-5-12(8-11)17(19)13-9-15-16(10-14(13)18)21-7-3-6-20-15/h2,4-5,8-10,17H,3,6-7,19H2,1H3. The zero-order valence-corrected chi connectivity index (χ0v) is 12.7. The number of rotatable bonds is 2. The molecule has 21 heavy (non-hydrogen) atoms. The summed E-state index contributed by atoms with van der Waals surface area (Å²) in [6.07, 6.45) is 0.867. The summed E-state index contributed by atoms with van der Waals surface area (Å²) in [4.78, 5) is 0. The summed E-state index contributed by atoms with van der Waals surface area (Å²) in [6, 6.07) is 11.5. The monoisotopic (exact) mass is 303 g/mol. The molecule has 3 rings (SSSR count). The molecule has 0 saturated heterocycles. The Labute approximate surface area is 129 Å². The molecule has 2 N–H and O–H groups in total. The highest BCUT2D eigenvalue weighted by Crippen LogP contribution is 2.38. The van der Waals surface area contributed by atoms with E-state index in [9.17, 15) is 0 Å². The van der Waals surface area contributed by atoms with E-state index in [2.05, 4.69) is 6.07 Å². The third kappa shape index (κ3) is 2.99. The van der Waals surface area contributed by atoms with Crippen LogP contribution in [-0.2, 0) is 0 Å². The Morgan fingerprint density at radius 1 is 1.10 bits per heavy atom. The summed E-state index contributed by atoms with van der Waals surface area (Å²) in [5.41, 5.74) is 9.44. The average Bonchev–Trinajstić information content (AvgIpc) is 2.70. The lowest BCUT2D eigenvalue weighted by Gasteiger charge is -2.17. The number of nitrogens with two attached hydrogens (primary N) is 1. The molecule has 0 amide bonds. The number of halogens is 1. The van der Waals surface area contributed by atoms with E-state index in [0.29, 0.717) is 24.0 Å². The Morgan fingerprint density at radius 3 is 2.52 bits per heavy atom. The van der Waals surface area contributed by atoms with Gasteiger partial charge in [-0.25, -0.2) is 0 Å². The van der Waals surface area contributed by atoms with Gasteiger partial charge in [0.15, 0.2) is 11.5 Å². The molecule has 1 heterocycles. The normalized spacial score (nSPS) is 15.4. The first-order valence-corrected chi connectivity index (χ1v) is 7.44. The van der Waals surface area contributed by atoms with Gasteiger partial charge in [-0.2, -0.15) is 0 Å². The molecule has 0 aliphatic carbocycles. The van der Waals surface area contributed by atoms with Crippen molar-refractivity contribution in [2.45, 2.75) is 19.4 Å². The third-order valence-corrected chi connectivity index (χ3v) is 3.93. The minimum absolute atomic E-state index is 0.283. The van der Waals surface area contributed by atoms with E-state index in [0.717, 1.165) is 23.3 Å². The largest absolute Gasteiger partial charge is 0.490 e. The zero-order chi connectivity index (χ0) is 14.8. The van der Waals surface area contributed by atoms with E-state index >= 15 is 0 Å². The van der Waals surface area contributed by atoms with Crippen LogP contribution >= 0.6 is 11.6 Å². The Balaban J connectivity index is 2.00. The van der Waals surface area contributed by atoms with E-state index in [-0.39, 0.29) is 6.04 Å². The summed E-state index contributed by atoms with van der Waals surface area (Å²) in [5.74, 6) is 1.41. The molecule has 0 radical (unpaired) electrons. The lowest BCUT2D eigenvalue weighted by atomic mass is 9.98. The van der Waals surface area contributed by atoms with Gasteiger partial charge in [0.05, 0.1) is 19.3 Å². The van der Waals surface area contributed by atoms with Gasteiger partial charge in [-0.1, -0.05) is 41.4 Å². The fraction of sp³-hybridized carbons (Fsp3) is 0.294. The number of fused-ring (bicyclic) bond motifs is 1. The molecule has 1 unspecified atom stereocenters. The van der Waals surface area contributed by atoms with Gasteiger partial charge in [0.25, 0.3) is 0 Å². The van der Waals surface area contributed by atoms with Gasteiger partial charge < -0.3 is 15.2 Å². The predicted octanol–water partition coefficient (Wildman–Crippen LogP) is 3.86. The Morgan fingerprint density at radius 2 is 1.81 bits per heavy atom. The van der Waals surface area contributed by atoms with Crippen molar-refractivity contribution in [2.75, 3.05) is 13.2 Å². The van der Waals surface area contributed by atoms with Crippen molar-refractivity contribution in [1.82, 2.24) is 0 Å². The molecule has 0 saturated carbocycles. The van der Waals surface area contributed by atoms with Gasteiger partial charge >= 0.3 is 0 Å². The van der Waals surface area contributed by atoms with Crippen LogP contribution in [0.15, 0.2) is 36.4 Å². The van der Waals surface area contributed by atoms with Crippen molar-refractivity contribution in [3.05, 3.63) is 58.1 Å². The third-order valence-electron chi connectivity index (χ3n) is 3.60. The van der Waals surface area contributed by atoms with Crippen LogP contribution in [0.25, 0.3) is 0 Å². The topological polar surface area (TPSA) is 44.5 Å². The highest BCUT2D eigenvalue weighted by Gasteiger charge is 2.19. The summed E-state index contributed by atoms with van der Waals surface area (Å²) < 4.78 is 11.4. The molecule has 0 aromatic heterocycles. The summed E-state index contributed by atoms with van der Waals surface area (Å²) in [7, 11) is 0. The van der Waals surface area contributed by atoms with Gasteiger partial charge in [0.2, 0.25) is 0 Å². The number of aryl methyl sites for hydroxylation is 1. The van der Waals surface area contributed by atoms with E-state index in [1.54, 1.807) is 6.07 Å². The van der Waals surface area contributed by atoms with Crippen LogP contribution in [0.4, 0.5) is 0 Å². The number of hydrogen-bond donors (Lipinski definition) is 1. The van der Waals surface area contributed by atoms with Crippen molar-refractivity contribution in [3.8, 4) is 11.5 Å². The number of hydrogen-bond acceptors (Lipinski definition) is 3. The first-order valence-electron chi connectivity index (χ1n) is 7.06. The molecule has 0 spiro atoms. The maximum absolute atomic E-state index is 6.38. The minimum atomic E-state index is -0.283. The quantitative estimate of drug-likeness (QED) is 0.916. The summed E-state index contributed by atoms with van der Waals surface area (Å²) >= 11 is 6.38. The van der Waals surface area contributed by atoms with Gasteiger partial charge in [-0.3, -0.25) is 0 Å². The maximum atomic E-state index is 6.38. The van der Waals surface area contributed by atoms with E-state index in [1.165, 1.54) is 5.56 Å². The Hall–Kier alpha value is -1.71.